The molecule has 0 amide bonds. The lowest BCUT2D eigenvalue weighted by Gasteiger charge is -2.14. The lowest BCUT2D eigenvalue weighted by molar-refractivity contribution is -0.0457. The average molecular weight is 279 g/mol. The molecule has 3 heterocycles. The SMILES string of the molecule is O=c1ccc2cn([C@H]3C[C@H](O)[C@@H](CO)O3)c(=O)nc2[nH]1. The molecule has 0 aromatic carbocycles. The number of H-pyrrole nitrogens is 1. The van der Waals surface area contributed by atoms with Crippen LogP contribution in [0.5, 0.6) is 0 Å². The van der Waals surface area contributed by atoms with E-state index in [-0.39, 0.29) is 24.2 Å². The third kappa shape index (κ3) is 2.13. The number of rotatable bonds is 2. The Balaban J connectivity index is 2.04. The molecular weight excluding hydrogens is 266 g/mol. The van der Waals surface area contributed by atoms with Gasteiger partial charge in [0.2, 0.25) is 5.56 Å². The Kier molecular flexibility index (Phi) is 3.13. The quantitative estimate of drug-likeness (QED) is 0.630. The summed E-state index contributed by atoms with van der Waals surface area (Å²) in [6, 6.07) is 2.88. The summed E-state index contributed by atoms with van der Waals surface area (Å²) in [4.78, 5) is 29.4. The molecule has 0 saturated carbocycles. The zero-order chi connectivity index (χ0) is 14.3. The van der Waals surface area contributed by atoms with E-state index in [9.17, 15) is 14.7 Å². The lowest BCUT2D eigenvalue weighted by atomic mass is 10.2. The highest BCUT2D eigenvalue weighted by molar-refractivity contribution is 5.72. The van der Waals surface area contributed by atoms with Gasteiger partial charge in [0.05, 0.1) is 12.7 Å². The molecule has 3 atom stereocenters. The first kappa shape index (κ1) is 13.0. The zero-order valence-electron chi connectivity index (χ0n) is 10.4. The molecule has 20 heavy (non-hydrogen) atoms. The standard InChI is InChI=1S/C12H13N3O5/c16-5-8-7(17)3-10(20-8)15-4-6-1-2-9(18)13-11(6)14-12(15)19/h1-2,4,7-8,10,16-17H,3,5H2,(H,13,14,18,19)/t7-,8+,10+/m0/s1. The van der Waals surface area contributed by atoms with Crippen molar-refractivity contribution in [2.45, 2.75) is 24.9 Å². The van der Waals surface area contributed by atoms with Crippen molar-refractivity contribution in [3.8, 4) is 0 Å². The maximum absolute atomic E-state index is 11.9. The van der Waals surface area contributed by atoms with Crippen LogP contribution in [-0.2, 0) is 4.74 Å². The second kappa shape index (κ2) is 4.82. The van der Waals surface area contributed by atoms with Crippen LogP contribution in [0, 0.1) is 0 Å². The van der Waals surface area contributed by atoms with Gasteiger partial charge < -0.3 is 19.9 Å². The minimum absolute atomic E-state index is 0.196. The molecule has 1 saturated heterocycles. The highest BCUT2D eigenvalue weighted by Gasteiger charge is 2.35. The number of nitrogens with zero attached hydrogens (tertiary/aromatic N) is 2. The van der Waals surface area contributed by atoms with Gasteiger partial charge in [-0.3, -0.25) is 9.36 Å². The molecule has 3 rings (SSSR count). The molecule has 8 heteroatoms. The van der Waals surface area contributed by atoms with Gasteiger partial charge in [-0.15, -0.1) is 0 Å². The number of pyridine rings is 1. The van der Waals surface area contributed by atoms with E-state index in [0.717, 1.165) is 0 Å². The highest BCUT2D eigenvalue weighted by Crippen LogP contribution is 2.27. The van der Waals surface area contributed by atoms with Crippen LogP contribution in [0.1, 0.15) is 12.6 Å². The fraction of sp³-hybridized carbons (Fsp3) is 0.417. The molecule has 1 aliphatic rings. The highest BCUT2D eigenvalue weighted by atomic mass is 16.5. The first-order valence-electron chi connectivity index (χ1n) is 6.15. The largest absolute Gasteiger partial charge is 0.394 e. The Labute approximate surface area is 112 Å². The summed E-state index contributed by atoms with van der Waals surface area (Å²) in [5.74, 6) is 0. The fourth-order valence-electron chi connectivity index (χ4n) is 2.29. The van der Waals surface area contributed by atoms with Gasteiger partial charge in [-0.05, 0) is 6.07 Å². The fourth-order valence-corrected chi connectivity index (χ4v) is 2.29. The maximum atomic E-state index is 11.9. The molecule has 8 nitrogen and oxygen atoms in total. The van der Waals surface area contributed by atoms with Gasteiger partial charge in [-0.25, -0.2) is 4.79 Å². The smallest absolute Gasteiger partial charge is 0.351 e. The number of fused-ring (bicyclic) bond motifs is 1. The molecule has 2 aromatic rings. The second-order valence-electron chi connectivity index (χ2n) is 4.67. The number of aliphatic hydroxyl groups excluding tert-OH is 2. The van der Waals surface area contributed by atoms with Crippen LogP contribution in [0.4, 0.5) is 0 Å². The van der Waals surface area contributed by atoms with E-state index in [4.69, 9.17) is 9.84 Å². The van der Waals surface area contributed by atoms with Crippen molar-refractivity contribution < 1.29 is 14.9 Å². The topological polar surface area (TPSA) is 117 Å². The summed E-state index contributed by atoms with van der Waals surface area (Å²) in [5.41, 5.74) is -0.721. The first-order valence-corrected chi connectivity index (χ1v) is 6.15. The van der Waals surface area contributed by atoms with Crippen molar-refractivity contribution in [3.63, 3.8) is 0 Å². The number of aromatic amines is 1. The van der Waals surface area contributed by atoms with Crippen LogP contribution >= 0.6 is 0 Å². The maximum Gasteiger partial charge on any atom is 0.351 e. The van der Waals surface area contributed by atoms with Gasteiger partial charge >= 0.3 is 5.69 Å². The van der Waals surface area contributed by atoms with Crippen LogP contribution < -0.4 is 11.2 Å². The summed E-state index contributed by atoms with van der Waals surface area (Å²) in [6.07, 6.45) is -0.515. The van der Waals surface area contributed by atoms with Crippen molar-refractivity contribution in [2.24, 2.45) is 0 Å². The van der Waals surface area contributed by atoms with Crippen molar-refractivity contribution >= 4 is 11.0 Å². The summed E-state index contributed by atoms with van der Waals surface area (Å²) in [5, 5.41) is 19.3. The number of nitrogens with one attached hydrogen (secondary N) is 1. The molecule has 1 aliphatic heterocycles. The average Bonchev–Trinajstić information content (AvgIpc) is 2.79. The number of aromatic nitrogens is 3. The molecule has 106 valence electrons. The lowest BCUT2D eigenvalue weighted by Crippen LogP contribution is -2.28. The number of hydrogen-bond donors (Lipinski definition) is 3. The Hall–Kier alpha value is -2.03. The third-order valence-electron chi connectivity index (χ3n) is 3.33. The van der Waals surface area contributed by atoms with E-state index in [1.807, 2.05) is 0 Å². The van der Waals surface area contributed by atoms with Gasteiger partial charge in [0, 0.05) is 24.1 Å². The van der Waals surface area contributed by atoms with Gasteiger partial charge in [0.15, 0.2) is 0 Å². The van der Waals surface area contributed by atoms with Crippen LogP contribution in [-0.4, -0.2) is 43.6 Å². The Morgan fingerprint density at radius 2 is 2.25 bits per heavy atom. The van der Waals surface area contributed by atoms with Gasteiger partial charge in [-0.1, -0.05) is 0 Å². The molecule has 2 aromatic heterocycles. The predicted molar refractivity (Wildman–Crippen MR) is 68.2 cm³/mol. The van der Waals surface area contributed by atoms with Crippen molar-refractivity contribution in [2.75, 3.05) is 6.61 Å². The first-order chi connectivity index (χ1) is 9.58. The van der Waals surface area contributed by atoms with E-state index in [1.54, 1.807) is 6.07 Å². The Morgan fingerprint density at radius 1 is 1.45 bits per heavy atom. The van der Waals surface area contributed by atoms with E-state index >= 15 is 0 Å². The monoisotopic (exact) mass is 279 g/mol. The third-order valence-corrected chi connectivity index (χ3v) is 3.33. The van der Waals surface area contributed by atoms with Gasteiger partial charge in [-0.2, -0.15) is 4.98 Å². The molecule has 0 unspecified atom stereocenters. The zero-order valence-corrected chi connectivity index (χ0v) is 10.4. The summed E-state index contributed by atoms with van der Waals surface area (Å²) >= 11 is 0. The number of hydrogen-bond acceptors (Lipinski definition) is 6. The van der Waals surface area contributed by atoms with E-state index in [1.165, 1.54) is 16.8 Å². The molecular formula is C12H13N3O5. The van der Waals surface area contributed by atoms with Crippen molar-refractivity contribution in [1.82, 2.24) is 14.5 Å². The van der Waals surface area contributed by atoms with E-state index in [0.29, 0.717) is 5.39 Å². The van der Waals surface area contributed by atoms with Crippen LogP contribution in [0.15, 0.2) is 27.9 Å². The summed E-state index contributed by atoms with van der Waals surface area (Å²) < 4.78 is 6.66. The second-order valence-corrected chi connectivity index (χ2v) is 4.67. The van der Waals surface area contributed by atoms with Crippen LogP contribution in [0.3, 0.4) is 0 Å². The van der Waals surface area contributed by atoms with Crippen LogP contribution in [0.25, 0.3) is 11.0 Å². The van der Waals surface area contributed by atoms with E-state index in [2.05, 4.69) is 9.97 Å². The van der Waals surface area contributed by atoms with Crippen LogP contribution in [0.2, 0.25) is 0 Å². The van der Waals surface area contributed by atoms with E-state index < -0.39 is 24.1 Å². The Morgan fingerprint density at radius 3 is 2.95 bits per heavy atom. The van der Waals surface area contributed by atoms with Gasteiger partial charge in [0.25, 0.3) is 0 Å². The summed E-state index contributed by atoms with van der Waals surface area (Å²) in [6.45, 7) is -0.319. The summed E-state index contributed by atoms with van der Waals surface area (Å²) in [7, 11) is 0. The van der Waals surface area contributed by atoms with Gasteiger partial charge in [0.1, 0.15) is 18.0 Å². The number of aliphatic hydroxyl groups is 2. The molecule has 1 fully saturated rings. The Bertz CT molecular complexity index is 753. The molecule has 0 aliphatic carbocycles. The normalized spacial score (nSPS) is 26.2. The molecule has 0 spiro atoms. The number of ether oxygens (including phenoxy) is 1. The van der Waals surface area contributed by atoms with Crippen molar-refractivity contribution in [1.29, 1.82) is 0 Å². The predicted octanol–water partition coefficient (Wildman–Crippen LogP) is -1.27. The molecule has 0 bridgehead atoms. The minimum Gasteiger partial charge on any atom is -0.394 e. The minimum atomic E-state index is -0.830. The molecule has 0 radical (unpaired) electrons. The molecule has 3 N–H and O–H groups in total. The van der Waals surface area contributed by atoms with Crippen molar-refractivity contribution in [3.05, 3.63) is 39.2 Å².